The van der Waals surface area contributed by atoms with Gasteiger partial charge in [-0.15, -0.1) is 0 Å². The third-order valence-electron chi connectivity index (χ3n) is 7.28. The van der Waals surface area contributed by atoms with Gasteiger partial charge in [0.05, 0.1) is 11.9 Å². The largest absolute Gasteiger partial charge is 0.446 e. The van der Waals surface area contributed by atoms with Crippen LogP contribution in [0.4, 0.5) is 16.3 Å². The summed E-state index contributed by atoms with van der Waals surface area (Å²) in [7, 11) is 0. The number of ether oxygens (including phenoxy) is 1. The maximum Gasteiger partial charge on any atom is 0.410 e. The lowest BCUT2D eigenvalue weighted by Gasteiger charge is -2.46. The zero-order valence-corrected chi connectivity index (χ0v) is 18.7. The molecule has 4 rings (SSSR count). The first-order valence-electron chi connectivity index (χ1n) is 11.5. The van der Waals surface area contributed by atoms with Crippen LogP contribution < -0.4 is 16.0 Å². The molecule has 0 aromatic carbocycles. The number of nitrogen functional groups attached to an aromatic ring is 1. The number of hydrogen-bond acceptors (Lipinski definition) is 6. The second-order valence-corrected chi connectivity index (χ2v) is 10.3. The lowest BCUT2D eigenvalue weighted by molar-refractivity contribution is -0.00694. The van der Waals surface area contributed by atoms with Gasteiger partial charge in [-0.1, -0.05) is 20.8 Å². The molecule has 0 aliphatic carbocycles. The van der Waals surface area contributed by atoms with Gasteiger partial charge in [0.15, 0.2) is 0 Å². The molecular weight excluding hydrogens is 378 g/mol. The highest BCUT2D eigenvalue weighted by atomic mass is 16.6. The number of likely N-dealkylation sites (tertiary alicyclic amines) is 1. The number of amides is 1. The molecule has 0 bridgehead atoms. The van der Waals surface area contributed by atoms with Gasteiger partial charge in [-0.25, -0.2) is 9.78 Å². The van der Waals surface area contributed by atoms with E-state index < -0.39 is 0 Å². The van der Waals surface area contributed by atoms with Gasteiger partial charge < -0.3 is 20.7 Å². The van der Waals surface area contributed by atoms with Crippen molar-refractivity contribution in [2.24, 2.45) is 5.41 Å². The molecule has 1 aromatic heterocycles. The first kappa shape index (κ1) is 21.2. The van der Waals surface area contributed by atoms with Crippen molar-refractivity contribution >= 4 is 17.6 Å². The van der Waals surface area contributed by atoms with Gasteiger partial charge in [-0.05, 0) is 56.3 Å². The molecule has 3 aliphatic rings. The van der Waals surface area contributed by atoms with Crippen LogP contribution in [0.2, 0.25) is 0 Å². The summed E-state index contributed by atoms with van der Waals surface area (Å²) in [6.45, 7) is 10.4. The minimum atomic E-state index is -0.0954. The minimum Gasteiger partial charge on any atom is -0.446 e. The van der Waals surface area contributed by atoms with E-state index in [1.807, 2.05) is 18.3 Å². The number of piperidine rings is 2. The van der Waals surface area contributed by atoms with Gasteiger partial charge in [-0.3, -0.25) is 4.90 Å². The molecule has 7 nitrogen and oxygen atoms in total. The Morgan fingerprint density at radius 3 is 2.47 bits per heavy atom. The van der Waals surface area contributed by atoms with Gasteiger partial charge in [0, 0.05) is 37.5 Å². The van der Waals surface area contributed by atoms with Crippen LogP contribution in [0.5, 0.6) is 0 Å². The number of rotatable bonds is 2. The summed E-state index contributed by atoms with van der Waals surface area (Å²) in [5, 5.41) is 3.46. The van der Waals surface area contributed by atoms with Gasteiger partial charge in [0.25, 0.3) is 0 Å². The average molecular weight is 416 g/mol. The number of nitrogens with two attached hydrogens (primary N) is 1. The molecule has 166 valence electrons. The molecule has 7 heteroatoms. The van der Waals surface area contributed by atoms with E-state index in [-0.39, 0.29) is 29.2 Å². The van der Waals surface area contributed by atoms with E-state index in [0.717, 1.165) is 70.4 Å². The zero-order chi connectivity index (χ0) is 21.4. The summed E-state index contributed by atoms with van der Waals surface area (Å²) < 4.78 is 6.14. The van der Waals surface area contributed by atoms with Crippen molar-refractivity contribution < 1.29 is 9.53 Å². The Labute approximate surface area is 180 Å². The van der Waals surface area contributed by atoms with Crippen LogP contribution in [0.15, 0.2) is 18.3 Å². The normalized spacial score (nSPS) is 25.0. The fraction of sp³-hybridized carbons (Fsp3) is 0.739. The molecule has 1 unspecified atom stereocenters. The summed E-state index contributed by atoms with van der Waals surface area (Å²) in [5.74, 6) is 0.536. The minimum absolute atomic E-state index is 0.0181. The van der Waals surface area contributed by atoms with Crippen LogP contribution in [-0.2, 0) is 4.74 Å². The SMILES string of the molecule is CC(C)(C)C1CCC2(CCNCC2)N1C(=O)OC1CCN(c2ccc(N)nc2)CC1. The van der Waals surface area contributed by atoms with Crippen molar-refractivity contribution in [3.8, 4) is 0 Å². The third kappa shape index (κ3) is 4.22. The molecule has 0 radical (unpaired) electrons. The maximum absolute atomic E-state index is 13.5. The molecular formula is C23H37N5O2. The van der Waals surface area contributed by atoms with Crippen LogP contribution in [0.3, 0.4) is 0 Å². The van der Waals surface area contributed by atoms with Gasteiger partial charge in [0.2, 0.25) is 0 Å². The van der Waals surface area contributed by atoms with Crippen molar-refractivity contribution in [2.45, 2.75) is 77.0 Å². The predicted octanol–water partition coefficient (Wildman–Crippen LogP) is 3.40. The monoisotopic (exact) mass is 415 g/mol. The van der Waals surface area contributed by atoms with Crippen molar-refractivity contribution in [3.63, 3.8) is 0 Å². The lowest BCUT2D eigenvalue weighted by atomic mass is 9.85. The number of nitrogens with zero attached hydrogens (tertiary/aromatic N) is 3. The summed E-state index contributed by atoms with van der Waals surface area (Å²) in [4.78, 5) is 22.1. The quantitative estimate of drug-likeness (QED) is 0.770. The second-order valence-electron chi connectivity index (χ2n) is 10.3. The highest BCUT2D eigenvalue weighted by Gasteiger charge is 2.53. The molecule has 3 N–H and O–H groups in total. The summed E-state index contributed by atoms with van der Waals surface area (Å²) >= 11 is 0. The van der Waals surface area contributed by atoms with Gasteiger partial charge >= 0.3 is 6.09 Å². The standard InChI is InChI=1S/C23H37N5O2/c1-22(2,3)19-6-9-23(10-12-25-13-11-23)28(19)21(29)30-18-7-14-27(15-8-18)17-4-5-20(24)26-16-17/h4-5,16,18-19,25H,6-15H2,1-3H3,(H2,24,26). The Morgan fingerprint density at radius 1 is 1.17 bits per heavy atom. The Morgan fingerprint density at radius 2 is 1.87 bits per heavy atom. The molecule has 30 heavy (non-hydrogen) atoms. The lowest BCUT2D eigenvalue weighted by Crippen LogP contribution is -2.58. The van der Waals surface area contributed by atoms with Crippen molar-refractivity contribution in [3.05, 3.63) is 18.3 Å². The van der Waals surface area contributed by atoms with Gasteiger partial charge in [0.1, 0.15) is 11.9 Å². The van der Waals surface area contributed by atoms with Crippen LogP contribution in [0.1, 0.15) is 59.3 Å². The fourth-order valence-corrected chi connectivity index (χ4v) is 5.53. The second kappa shape index (κ2) is 8.25. The number of pyridine rings is 1. The Bertz CT molecular complexity index is 731. The highest BCUT2D eigenvalue weighted by Crippen LogP contribution is 2.46. The van der Waals surface area contributed by atoms with E-state index in [9.17, 15) is 4.79 Å². The maximum atomic E-state index is 13.5. The Balaban J connectivity index is 1.41. The van der Waals surface area contributed by atoms with Crippen molar-refractivity contribution in [1.29, 1.82) is 0 Å². The molecule has 0 saturated carbocycles. The molecule has 1 amide bonds. The highest BCUT2D eigenvalue weighted by molar-refractivity contribution is 5.70. The molecule has 1 aromatic rings. The van der Waals surface area contributed by atoms with E-state index in [1.165, 1.54) is 0 Å². The van der Waals surface area contributed by atoms with E-state index in [2.05, 4.69) is 40.9 Å². The summed E-state index contributed by atoms with van der Waals surface area (Å²) in [5.41, 5.74) is 6.80. The molecule has 1 spiro atoms. The molecule has 3 fully saturated rings. The fourth-order valence-electron chi connectivity index (χ4n) is 5.53. The van der Waals surface area contributed by atoms with Crippen LogP contribution in [-0.4, -0.2) is 59.8 Å². The third-order valence-corrected chi connectivity index (χ3v) is 7.28. The number of carbonyl (C=O) groups excluding carboxylic acids is 1. The Hall–Kier alpha value is -2.02. The number of nitrogens with one attached hydrogen (secondary N) is 1. The van der Waals surface area contributed by atoms with Crippen LogP contribution in [0, 0.1) is 5.41 Å². The van der Waals surface area contributed by atoms with Gasteiger partial charge in [-0.2, -0.15) is 0 Å². The molecule has 3 aliphatic heterocycles. The summed E-state index contributed by atoms with van der Waals surface area (Å²) in [6, 6.07) is 4.08. The van der Waals surface area contributed by atoms with Crippen molar-refractivity contribution in [2.75, 3.05) is 36.8 Å². The molecule has 3 saturated heterocycles. The van der Waals surface area contributed by atoms with E-state index in [0.29, 0.717) is 5.82 Å². The van der Waals surface area contributed by atoms with E-state index in [4.69, 9.17) is 10.5 Å². The smallest absolute Gasteiger partial charge is 0.410 e. The number of hydrogen-bond donors (Lipinski definition) is 2. The number of anilines is 2. The van der Waals surface area contributed by atoms with E-state index in [1.54, 1.807) is 0 Å². The van der Waals surface area contributed by atoms with Crippen molar-refractivity contribution in [1.82, 2.24) is 15.2 Å². The Kier molecular flexibility index (Phi) is 5.84. The zero-order valence-electron chi connectivity index (χ0n) is 18.7. The first-order chi connectivity index (χ1) is 14.3. The molecule has 1 atom stereocenters. The average Bonchev–Trinajstić information content (AvgIpc) is 3.09. The number of aromatic nitrogens is 1. The van der Waals surface area contributed by atoms with Crippen LogP contribution in [0.25, 0.3) is 0 Å². The number of carbonyl (C=O) groups is 1. The van der Waals surface area contributed by atoms with Crippen LogP contribution >= 0.6 is 0 Å². The topological polar surface area (TPSA) is 83.7 Å². The predicted molar refractivity (Wildman–Crippen MR) is 120 cm³/mol. The van der Waals surface area contributed by atoms with E-state index >= 15 is 0 Å². The molecule has 4 heterocycles. The summed E-state index contributed by atoms with van der Waals surface area (Å²) in [6.07, 6.45) is 7.61. The first-order valence-corrected chi connectivity index (χ1v) is 11.5.